The molecule has 5 rings (SSSR count). The molecule has 3 aromatic rings. The number of fused-ring (bicyclic) bond motifs is 1. The minimum atomic E-state index is -1.07. The van der Waals surface area contributed by atoms with E-state index in [4.69, 9.17) is 9.84 Å². The number of aromatic carboxylic acids is 1. The molecule has 36 heavy (non-hydrogen) atoms. The number of hydrogen-bond donors (Lipinski definition) is 3. The SMILES string of the molecule is O=C1COc2cc(C(=O)N(Cc3ccc(C(=O)Nc4cccc(C(=O)O)c4)cc3)C3CC3)ccc2N1. The number of nitrogens with one attached hydrogen (secondary N) is 2. The monoisotopic (exact) mass is 485 g/mol. The largest absolute Gasteiger partial charge is 0.482 e. The Hall–Kier alpha value is -4.66. The summed E-state index contributed by atoms with van der Waals surface area (Å²) in [7, 11) is 0. The predicted molar refractivity (Wildman–Crippen MR) is 131 cm³/mol. The van der Waals surface area contributed by atoms with Crippen molar-refractivity contribution >= 4 is 35.1 Å². The Balaban J connectivity index is 1.27. The number of carboxylic acids is 1. The van der Waals surface area contributed by atoms with Crippen LogP contribution in [0.15, 0.2) is 66.7 Å². The summed E-state index contributed by atoms with van der Waals surface area (Å²) in [6, 6.07) is 18.2. The van der Waals surface area contributed by atoms with E-state index < -0.39 is 5.97 Å². The van der Waals surface area contributed by atoms with E-state index in [9.17, 15) is 19.2 Å². The molecule has 3 aromatic carbocycles. The summed E-state index contributed by atoms with van der Waals surface area (Å²) in [6.07, 6.45) is 1.86. The lowest BCUT2D eigenvalue weighted by atomic mass is 10.1. The van der Waals surface area contributed by atoms with Gasteiger partial charge in [-0.1, -0.05) is 18.2 Å². The number of carbonyl (C=O) groups is 4. The molecule has 0 bridgehead atoms. The van der Waals surface area contributed by atoms with Crippen molar-refractivity contribution in [3.05, 3.63) is 89.0 Å². The van der Waals surface area contributed by atoms with Crippen LogP contribution in [0.1, 0.15) is 49.5 Å². The van der Waals surface area contributed by atoms with Crippen molar-refractivity contribution in [2.75, 3.05) is 17.2 Å². The normalized spacial score (nSPS) is 14.2. The topological polar surface area (TPSA) is 125 Å². The van der Waals surface area contributed by atoms with Gasteiger partial charge in [0.05, 0.1) is 11.3 Å². The molecule has 0 spiro atoms. The van der Waals surface area contributed by atoms with Gasteiger partial charge in [0.1, 0.15) is 5.75 Å². The molecule has 0 saturated heterocycles. The number of anilines is 2. The van der Waals surface area contributed by atoms with E-state index in [0.717, 1.165) is 18.4 Å². The summed E-state index contributed by atoms with van der Waals surface area (Å²) < 4.78 is 5.45. The lowest BCUT2D eigenvalue weighted by Crippen LogP contribution is -2.33. The van der Waals surface area contributed by atoms with E-state index in [0.29, 0.717) is 34.8 Å². The highest BCUT2D eigenvalue weighted by molar-refractivity contribution is 6.05. The second kappa shape index (κ2) is 9.53. The molecular weight excluding hydrogens is 462 g/mol. The third-order valence-electron chi connectivity index (χ3n) is 6.05. The molecule has 1 aliphatic carbocycles. The van der Waals surface area contributed by atoms with Gasteiger partial charge < -0.3 is 25.4 Å². The fraction of sp³-hybridized carbons (Fsp3) is 0.185. The molecule has 9 nitrogen and oxygen atoms in total. The van der Waals surface area contributed by atoms with Gasteiger partial charge in [0.15, 0.2) is 6.61 Å². The summed E-state index contributed by atoms with van der Waals surface area (Å²) in [5.74, 6) is -1.31. The minimum Gasteiger partial charge on any atom is -0.482 e. The molecule has 1 heterocycles. The highest BCUT2D eigenvalue weighted by atomic mass is 16.5. The van der Waals surface area contributed by atoms with Gasteiger partial charge in [-0.3, -0.25) is 14.4 Å². The molecule has 1 saturated carbocycles. The highest BCUT2D eigenvalue weighted by Crippen LogP contribution is 2.33. The Kier molecular flexibility index (Phi) is 6.12. The van der Waals surface area contributed by atoms with Crippen molar-refractivity contribution in [2.45, 2.75) is 25.4 Å². The molecule has 0 aromatic heterocycles. The van der Waals surface area contributed by atoms with Crippen LogP contribution >= 0.6 is 0 Å². The van der Waals surface area contributed by atoms with Gasteiger partial charge in [-0.25, -0.2) is 4.79 Å². The average molecular weight is 485 g/mol. The van der Waals surface area contributed by atoms with Crippen molar-refractivity contribution in [3.8, 4) is 5.75 Å². The number of carboxylic acid groups (broad SMARTS) is 1. The van der Waals surface area contributed by atoms with Crippen LogP contribution in [0.3, 0.4) is 0 Å². The van der Waals surface area contributed by atoms with Crippen molar-refractivity contribution < 1.29 is 29.0 Å². The smallest absolute Gasteiger partial charge is 0.335 e. The van der Waals surface area contributed by atoms with Gasteiger partial charge in [0.2, 0.25) is 0 Å². The number of ether oxygens (including phenoxy) is 1. The van der Waals surface area contributed by atoms with Crippen molar-refractivity contribution in [1.82, 2.24) is 4.90 Å². The van der Waals surface area contributed by atoms with E-state index in [2.05, 4.69) is 10.6 Å². The summed E-state index contributed by atoms with van der Waals surface area (Å²) in [5.41, 5.74) is 2.80. The van der Waals surface area contributed by atoms with Crippen molar-refractivity contribution in [1.29, 1.82) is 0 Å². The van der Waals surface area contributed by atoms with Crippen LogP contribution in [0.4, 0.5) is 11.4 Å². The first-order valence-electron chi connectivity index (χ1n) is 11.5. The molecule has 1 aliphatic heterocycles. The van der Waals surface area contributed by atoms with Crippen LogP contribution in [-0.4, -0.2) is 46.3 Å². The molecule has 3 amide bonds. The lowest BCUT2D eigenvalue weighted by Gasteiger charge is -2.24. The third kappa shape index (κ3) is 5.05. The molecule has 1 fully saturated rings. The predicted octanol–water partition coefficient (Wildman–Crippen LogP) is 3.77. The molecule has 0 atom stereocenters. The second-order valence-corrected chi connectivity index (χ2v) is 8.75. The van der Waals surface area contributed by atoms with Gasteiger partial charge in [-0.15, -0.1) is 0 Å². The quantitative estimate of drug-likeness (QED) is 0.468. The maximum Gasteiger partial charge on any atom is 0.335 e. The highest BCUT2D eigenvalue weighted by Gasteiger charge is 2.33. The average Bonchev–Trinajstić information content (AvgIpc) is 3.72. The summed E-state index contributed by atoms with van der Waals surface area (Å²) in [5, 5.41) is 14.5. The Morgan fingerprint density at radius 1 is 0.972 bits per heavy atom. The first-order chi connectivity index (χ1) is 17.4. The standard InChI is InChI=1S/C27H23N3O6/c31-24-15-36-23-13-18(8-11-22(23)29-24)26(33)30(21-9-10-21)14-16-4-6-17(7-5-16)25(32)28-20-3-1-2-19(12-20)27(34)35/h1-8,11-13,21H,9-10,14-15H2,(H,28,32)(H,29,31)(H,34,35). The molecular formula is C27H23N3O6. The zero-order chi connectivity index (χ0) is 25.2. The van der Waals surface area contributed by atoms with Crippen LogP contribution in [-0.2, 0) is 11.3 Å². The fourth-order valence-corrected chi connectivity index (χ4v) is 4.02. The summed E-state index contributed by atoms with van der Waals surface area (Å²) >= 11 is 0. The van der Waals surface area contributed by atoms with Gasteiger partial charge in [-0.05, 0) is 66.9 Å². The van der Waals surface area contributed by atoms with Crippen LogP contribution in [0.5, 0.6) is 5.75 Å². The second-order valence-electron chi connectivity index (χ2n) is 8.75. The van der Waals surface area contributed by atoms with E-state index in [-0.39, 0.29) is 35.9 Å². The van der Waals surface area contributed by atoms with Gasteiger partial charge in [-0.2, -0.15) is 0 Å². The van der Waals surface area contributed by atoms with E-state index in [1.165, 1.54) is 12.1 Å². The van der Waals surface area contributed by atoms with Crippen molar-refractivity contribution in [3.63, 3.8) is 0 Å². The Morgan fingerprint density at radius 2 is 1.72 bits per heavy atom. The molecule has 3 N–H and O–H groups in total. The molecule has 9 heteroatoms. The maximum atomic E-state index is 13.3. The maximum absolute atomic E-state index is 13.3. The minimum absolute atomic E-state index is 0.0814. The number of nitrogens with zero attached hydrogens (tertiary/aromatic N) is 1. The molecule has 2 aliphatic rings. The number of rotatable bonds is 7. The van der Waals surface area contributed by atoms with Crippen LogP contribution in [0, 0.1) is 0 Å². The zero-order valence-electron chi connectivity index (χ0n) is 19.2. The van der Waals surface area contributed by atoms with E-state index in [1.54, 1.807) is 54.6 Å². The summed E-state index contributed by atoms with van der Waals surface area (Å²) in [4.78, 5) is 50.4. The van der Waals surface area contributed by atoms with Gasteiger partial charge in [0, 0.05) is 29.4 Å². The number of carbonyl (C=O) groups excluding carboxylic acids is 3. The number of hydrogen-bond acceptors (Lipinski definition) is 5. The summed E-state index contributed by atoms with van der Waals surface area (Å²) in [6.45, 7) is 0.308. The van der Waals surface area contributed by atoms with Crippen LogP contribution in [0.2, 0.25) is 0 Å². The molecule has 0 unspecified atom stereocenters. The van der Waals surface area contributed by atoms with Gasteiger partial charge >= 0.3 is 5.97 Å². The van der Waals surface area contributed by atoms with E-state index in [1.807, 2.05) is 4.90 Å². The first-order valence-corrected chi connectivity index (χ1v) is 11.5. The Bertz CT molecular complexity index is 1360. The zero-order valence-corrected chi connectivity index (χ0v) is 19.2. The molecule has 0 radical (unpaired) electrons. The Morgan fingerprint density at radius 3 is 2.44 bits per heavy atom. The van der Waals surface area contributed by atoms with Crippen molar-refractivity contribution in [2.24, 2.45) is 0 Å². The molecule has 182 valence electrons. The lowest BCUT2D eigenvalue weighted by molar-refractivity contribution is -0.118. The van der Waals surface area contributed by atoms with Gasteiger partial charge in [0.25, 0.3) is 17.7 Å². The number of amides is 3. The first kappa shape index (κ1) is 23.1. The fourth-order valence-electron chi connectivity index (χ4n) is 4.02. The third-order valence-corrected chi connectivity index (χ3v) is 6.05. The van der Waals surface area contributed by atoms with Crippen LogP contribution < -0.4 is 15.4 Å². The Labute approximate surface area is 206 Å². The van der Waals surface area contributed by atoms with Crippen LogP contribution in [0.25, 0.3) is 0 Å². The van der Waals surface area contributed by atoms with E-state index >= 15 is 0 Å². The number of benzene rings is 3.